The topological polar surface area (TPSA) is 88.1 Å². The van der Waals surface area contributed by atoms with Crippen molar-refractivity contribution in [2.24, 2.45) is 5.92 Å². The summed E-state index contributed by atoms with van der Waals surface area (Å²) in [6.07, 6.45) is 1.18. The molecule has 0 saturated carbocycles. The van der Waals surface area contributed by atoms with E-state index in [9.17, 15) is 14.7 Å². The van der Waals surface area contributed by atoms with Gasteiger partial charge in [0, 0.05) is 39.1 Å². The molecule has 0 spiro atoms. The molecule has 0 aromatic rings. The van der Waals surface area contributed by atoms with E-state index in [1.807, 2.05) is 6.92 Å². The van der Waals surface area contributed by atoms with Crippen LogP contribution in [0, 0.1) is 5.92 Å². The molecule has 2 fully saturated rings. The van der Waals surface area contributed by atoms with Crippen LogP contribution < -0.4 is 5.32 Å². The Bertz CT molecular complexity index is 376. The summed E-state index contributed by atoms with van der Waals surface area (Å²) in [6.45, 7) is 3.53. The minimum atomic E-state index is -0.989. The molecule has 0 aromatic carbocycles. The van der Waals surface area contributed by atoms with Gasteiger partial charge in [0.05, 0.1) is 12.2 Å². The molecule has 2 N–H and O–H groups in total. The highest BCUT2D eigenvalue weighted by molar-refractivity contribution is 5.83. The quantitative estimate of drug-likeness (QED) is 0.776. The molecule has 2 rings (SSSR count). The fourth-order valence-corrected chi connectivity index (χ4v) is 2.79. The van der Waals surface area contributed by atoms with Crippen LogP contribution in [0.15, 0.2) is 0 Å². The monoisotopic (exact) mass is 286 g/mol. The number of carboxylic acids is 1. The summed E-state index contributed by atoms with van der Waals surface area (Å²) in [7, 11) is 1.53. The third-order valence-corrected chi connectivity index (χ3v) is 4.19. The van der Waals surface area contributed by atoms with E-state index < -0.39 is 12.0 Å². The van der Waals surface area contributed by atoms with Crippen LogP contribution in [-0.2, 0) is 14.3 Å². The first kappa shape index (κ1) is 15.1. The Morgan fingerprint density at radius 2 is 2.25 bits per heavy atom. The van der Waals surface area contributed by atoms with Gasteiger partial charge in [-0.3, -0.25) is 0 Å². The molecule has 0 radical (unpaired) electrons. The van der Waals surface area contributed by atoms with Gasteiger partial charge in [-0.05, 0) is 13.3 Å². The van der Waals surface area contributed by atoms with Crippen molar-refractivity contribution in [3.63, 3.8) is 0 Å². The van der Waals surface area contributed by atoms with Crippen LogP contribution >= 0.6 is 0 Å². The molecular formula is C13H22N2O5. The Kier molecular flexibility index (Phi) is 4.82. The van der Waals surface area contributed by atoms with Crippen LogP contribution in [0.2, 0.25) is 0 Å². The lowest BCUT2D eigenvalue weighted by atomic mass is 10.0. The predicted octanol–water partition coefficient (Wildman–Crippen LogP) is 0.295. The first-order valence-corrected chi connectivity index (χ1v) is 6.94. The summed E-state index contributed by atoms with van der Waals surface area (Å²) in [4.78, 5) is 24.7. The second-order valence-electron chi connectivity index (χ2n) is 5.41. The van der Waals surface area contributed by atoms with E-state index >= 15 is 0 Å². The largest absolute Gasteiger partial charge is 0.480 e. The van der Waals surface area contributed by atoms with E-state index in [0.29, 0.717) is 25.4 Å². The molecule has 4 unspecified atom stereocenters. The van der Waals surface area contributed by atoms with Crippen molar-refractivity contribution in [2.45, 2.75) is 38.0 Å². The van der Waals surface area contributed by atoms with Gasteiger partial charge in [-0.1, -0.05) is 0 Å². The third kappa shape index (κ3) is 3.21. The number of methoxy groups -OCH3 is 1. The molecule has 0 aromatic heterocycles. The first-order valence-electron chi connectivity index (χ1n) is 6.94. The van der Waals surface area contributed by atoms with Crippen LogP contribution in [0.1, 0.15) is 19.8 Å². The maximum Gasteiger partial charge on any atom is 0.326 e. The van der Waals surface area contributed by atoms with E-state index in [2.05, 4.69) is 5.32 Å². The number of ether oxygens (including phenoxy) is 2. The fraction of sp³-hybridized carbons (Fsp3) is 0.846. The molecule has 2 amide bonds. The lowest BCUT2D eigenvalue weighted by molar-refractivity contribution is -0.141. The molecule has 2 aliphatic heterocycles. The van der Waals surface area contributed by atoms with E-state index in [4.69, 9.17) is 9.47 Å². The summed E-state index contributed by atoms with van der Waals surface area (Å²) in [5.74, 6) is -0.694. The maximum atomic E-state index is 12.1. The number of carbonyl (C=O) groups excluding carboxylic acids is 1. The standard InChI is InChI=1S/C13H22N2O5/c1-8-9(3-4-20-8)6-14-13(18)15-7-10(19-2)5-11(15)12(16)17/h8-11H,3-7H2,1-2H3,(H,14,18)(H,16,17). The third-order valence-electron chi connectivity index (χ3n) is 4.19. The lowest BCUT2D eigenvalue weighted by Crippen LogP contribution is -2.47. The van der Waals surface area contributed by atoms with E-state index in [0.717, 1.165) is 13.0 Å². The number of nitrogens with one attached hydrogen (secondary N) is 1. The first-order chi connectivity index (χ1) is 9.52. The van der Waals surface area contributed by atoms with Gasteiger partial charge < -0.3 is 24.8 Å². The van der Waals surface area contributed by atoms with Gasteiger partial charge in [-0.25, -0.2) is 9.59 Å². The zero-order valence-corrected chi connectivity index (χ0v) is 11.9. The van der Waals surface area contributed by atoms with Crippen molar-refractivity contribution in [3.8, 4) is 0 Å². The number of hydrogen-bond acceptors (Lipinski definition) is 4. The molecule has 7 nitrogen and oxygen atoms in total. The summed E-state index contributed by atoms with van der Waals surface area (Å²) in [5.41, 5.74) is 0. The number of carbonyl (C=O) groups is 2. The minimum absolute atomic E-state index is 0.135. The average molecular weight is 286 g/mol. The second-order valence-corrected chi connectivity index (χ2v) is 5.41. The van der Waals surface area contributed by atoms with Crippen molar-refractivity contribution in [1.29, 1.82) is 0 Å². The lowest BCUT2D eigenvalue weighted by Gasteiger charge is -2.23. The van der Waals surface area contributed by atoms with Gasteiger partial charge in [0.25, 0.3) is 0 Å². The molecule has 20 heavy (non-hydrogen) atoms. The Balaban J connectivity index is 1.88. The summed E-state index contributed by atoms with van der Waals surface area (Å²) >= 11 is 0. The molecule has 2 saturated heterocycles. The highest BCUT2D eigenvalue weighted by atomic mass is 16.5. The predicted molar refractivity (Wildman–Crippen MR) is 70.5 cm³/mol. The molecule has 7 heteroatoms. The number of amides is 2. The van der Waals surface area contributed by atoms with Gasteiger partial charge in [0.2, 0.25) is 0 Å². The average Bonchev–Trinajstić information content (AvgIpc) is 3.02. The molecule has 4 atom stereocenters. The van der Waals surface area contributed by atoms with Crippen molar-refractivity contribution < 1.29 is 24.2 Å². The molecule has 114 valence electrons. The van der Waals surface area contributed by atoms with Crippen molar-refractivity contribution >= 4 is 12.0 Å². The minimum Gasteiger partial charge on any atom is -0.480 e. The van der Waals surface area contributed by atoms with Crippen molar-refractivity contribution in [1.82, 2.24) is 10.2 Å². The maximum absolute atomic E-state index is 12.1. The van der Waals surface area contributed by atoms with Crippen LogP contribution in [0.3, 0.4) is 0 Å². The number of carboxylic acid groups (broad SMARTS) is 1. The number of rotatable bonds is 4. The van der Waals surface area contributed by atoms with Gasteiger partial charge in [0.1, 0.15) is 6.04 Å². The van der Waals surface area contributed by atoms with Gasteiger partial charge in [-0.2, -0.15) is 0 Å². The summed E-state index contributed by atoms with van der Waals surface area (Å²) in [6, 6.07) is -1.15. The molecule has 0 aliphatic carbocycles. The number of aliphatic carboxylic acids is 1. The van der Waals surface area contributed by atoms with Crippen LogP contribution in [0.4, 0.5) is 4.79 Å². The number of nitrogens with zero attached hydrogens (tertiary/aromatic N) is 1. The fourth-order valence-electron chi connectivity index (χ4n) is 2.79. The highest BCUT2D eigenvalue weighted by Crippen LogP contribution is 2.22. The second kappa shape index (κ2) is 6.41. The van der Waals surface area contributed by atoms with Gasteiger partial charge in [-0.15, -0.1) is 0 Å². The van der Waals surface area contributed by atoms with Crippen molar-refractivity contribution in [3.05, 3.63) is 0 Å². The molecule has 0 bridgehead atoms. The van der Waals surface area contributed by atoms with Crippen LogP contribution in [0.5, 0.6) is 0 Å². The Morgan fingerprint density at radius 1 is 1.50 bits per heavy atom. The summed E-state index contributed by atoms with van der Waals surface area (Å²) < 4.78 is 10.6. The van der Waals surface area contributed by atoms with Crippen LogP contribution in [-0.4, -0.2) is 67.1 Å². The Hall–Kier alpha value is -1.34. The van der Waals surface area contributed by atoms with E-state index in [-0.39, 0.29) is 18.2 Å². The normalized spacial score (nSPS) is 33.4. The van der Waals surface area contributed by atoms with Gasteiger partial charge >= 0.3 is 12.0 Å². The number of hydrogen-bond donors (Lipinski definition) is 2. The zero-order valence-electron chi connectivity index (χ0n) is 11.9. The number of likely N-dealkylation sites (tertiary alicyclic amines) is 1. The van der Waals surface area contributed by atoms with Crippen LogP contribution in [0.25, 0.3) is 0 Å². The Morgan fingerprint density at radius 3 is 2.80 bits per heavy atom. The smallest absolute Gasteiger partial charge is 0.326 e. The van der Waals surface area contributed by atoms with E-state index in [1.165, 1.54) is 12.0 Å². The Labute approximate surface area is 118 Å². The van der Waals surface area contributed by atoms with E-state index in [1.54, 1.807) is 0 Å². The molecule has 2 heterocycles. The molecule has 2 aliphatic rings. The zero-order chi connectivity index (χ0) is 14.7. The van der Waals surface area contributed by atoms with Crippen molar-refractivity contribution in [2.75, 3.05) is 26.8 Å². The summed E-state index contributed by atoms with van der Waals surface area (Å²) in [5, 5.41) is 12.0. The highest BCUT2D eigenvalue weighted by Gasteiger charge is 2.40. The van der Waals surface area contributed by atoms with Gasteiger partial charge in [0.15, 0.2) is 0 Å². The number of urea groups is 1. The SMILES string of the molecule is COC1CC(C(=O)O)N(C(=O)NCC2CCOC2C)C1. The molecular weight excluding hydrogens is 264 g/mol.